The number of aryl methyl sites for hydroxylation is 1. The Morgan fingerprint density at radius 1 is 0.953 bits per heavy atom. The lowest BCUT2D eigenvalue weighted by Crippen LogP contribution is -2.32. The highest BCUT2D eigenvalue weighted by Gasteiger charge is 2.46. The highest BCUT2D eigenvalue weighted by molar-refractivity contribution is 6.46. The van der Waals surface area contributed by atoms with E-state index in [2.05, 4.69) is 13.0 Å². The number of ether oxygens (including phenoxy) is 3. The Morgan fingerprint density at radius 3 is 2.40 bits per heavy atom. The first-order chi connectivity index (χ1) is 20.7. The van der Waals surface area contributed by atoms with Gasteiger partial charge in [-0.25, -0.2) is 0 Å². The molecule has 1 unspecified atom stereocenters. The molecule has 1 aliphatic rings. The van der Waals surface area contributed by atoms with Gasteiger partial charge in [0, 0.05) is 12.1 Å². The van der Waals surface area contributed by atoms with Crippen molar-refractivity contribution in [3.05, 3.63) is 94.6 Å². The summed E-state index contributed by atoms with van der Waals surface area (Å²) in [5.41, 5.74) is 3.34. The first-order valence-electron chi connectivity index (χ1n) is 14.8. The van der Waals surface area contributed by atoms with E-state index in [9.17, 15) is 14.7 Å². The van der Waals surface area contributed by atoms with Crippen LogP contribution in [0.2, 0.25) is 0 Å². The molecule has 1 saturated heterocycles. The topological polar surface area (TPSA) is 88.5 Å². The summed E-state index contributed by atoms with van der Waals surface area (Å²) in [5.74, 6) is 0.140. The first-order valence-corrected chi connectivity index (χ1v) is 14.8. The SMILES string of the molecule is CCCCOc1ccc(C2/C(=C(\O)c3ccc(OCc4cccc(C)c4)cc3)C(=O)C(=O)N2CCCN(C)C)cc1OC. The standard InChI is InChI=1S/C35H42N2O6/c1-6-7-20-42-29-17-14-27(22-30(29)41-5)32-31(34(39)35(40)37(32)19-9-18-36(3)4)33(38)26-12-15-28(16-13-26)43-23-25-11-8-10-24(2)21-25/h8,10-17,21-22,32,38H,6-7,9,18-20,23H2,1-5H3/b33-31+. The molecule has 1 amide bonds. The van der Waals surface area contributed by atoms with Gasteiger partial charge in [-0.15, -0.1) is 0 Å². The van der Waals surface area contributed by atoms with E-state index < -0.39 is 17.7 Å². The van der Waals surface area contributed by atoms with Crippen molar-refractivity contribution in [1.29, 1.82) is 0 Å². The minimum Gasteiger partial charge on any atom is -0.507 e. The van der Waals surface area contributed by atoms with Crippen LogP contribution < -0.4 is 14.2 Å². The fraction of sp³-hybridized carbons (Fsp3) is 0.371. The molecule has 43 heavy (non-hydrogen) atoms. The van der Waals surface area contributed by atoms with Crippen LogP contribution in [0.3, 0.4) is 0 Å². The minimum absolute atomic E-state index is 0.0463. The lowest BCUT2D eigenvalue weighted by atomic mass is 9.95. The largest absolute Gasteiger partial charge is 0.507 e. The van der Waals surface area contributed by atoms with Gasteiger partial charge >= 0.3 is 0 Å². The number of carbonyl (C=O) groups is 2. The molecule has 1 aliphatic heterocycles. The van der Waals surface area contributed by atoms with Crippen molar-refractivity contribution in [2.45, 2.75) is 45.8 Å². The van der Waals surface area contributed by atoms with Crippen LogP contribution >= 0.6 is 0 Å². The van der Waals surface area contributed by atoms with E-state index in [0.29, 0.717) is 54.6 Å². The van der Waals surface area contributed by atoms with Crippen molar-refractivity contribution in [2.24, 2.45) is 0 Å². The Bertz CT molecular complexity index is 1450. The lowest BCUT2D eigenvalue weighted by Gasteiger charge is -2.26. The molecule has 0 saturated carbocycles. The summed E-state index contributed by atoms with van der Waals surface area (Å²) in [6.07, 6.45) is 2.58. The summed E-state index contributed by atoms with van der Waals surface area (Å²) in [6, 6.07) is 19.6. The molecular weight excluding hydrogens is 544 g/mol. The predicted molar refractivity (Wildman–Crippen MR) is 168 cm³/mol. The summed E-state index contributed by atoms with van der Waals surface area (Å²) >= 11 is 0. The van der Waals surface area contributed by atoms with Crippen molar-refractivity contribution in [3.8, 4) is 17.2 Å². The molecule has 3 aromatic rings. The zero-order valence-electron chi connectivity index (χ0n) is 25.8. The number of aliphatic hydroxyl groups excluding tert-OH is 1. The Morgan fingerprint density at radius 2 is 1.72 bits per heavy atom. The molecule has 228 valence electrons. The number of rotatable bonds is 14. The molecule has 3 aromatic carbocycles. The average molecular weight is 587 g/mol. The van der Waals surface area contributed by atoms with Gasteiger partial charge in [-0.3, -0.25) is 9.59 Å². The van der Waals surface area contributed by atoms with E-state index in [-0.39, 0.29) is 11.3 Å². The monoisotopic (exact) mass is 586 g/mol. The Labute approximate surface area is 254 Å². The second-order valence-corrected chi connectivity index (χ2v) is 11.1. The number of hydrogen-bond donors (Lipinski definition) is 1. The Hall–Kier alpha value is -4.30. The molecule has 0 spiro atoms. The maximum Gasteiger partial charge on any atom is 0.295 e. The number of methoxy groups -OCH3 is 1. The van der Waals surface area contributed by atoms with Crippen molar-refractivity contribution >= 4 is 17.4 Å². The van der Waals surface area contributed by atoms with E-state index in [1.165, 1.54) is 0 Å². The summed E-state index contributed by atoms with van der Waals surface area (Å²) in [4.78, 5) is 30.4. The van der Waals surface area contributed by atoms with Gasteiger partial charge in [0.1, 0.15) is 18.1 Å². The fourth-order valence-electron chi connectivity index (χ4n) is 5.15. The quantitative estimate of drug-likeness (QED) is 0.105. The van der Waals surface area contributed by atoms with E-state index in [1.54, 1.807) is 48.4 Å². The molecule has 0 aliphatic carbocycles. The van der Waals surface area contributed by atoms with Gasteiger partial charge in [0.15, 0.2) is 11.5 Å². The van der Waals surface area contributed by atoms with Crippen LogP contribution in [0.5, 0.6) is 17.2 Å². The predicted octanol–water partition coefficient (Wildman–Crippen LogP) is 6.13. The molecular formula is C35H42N2O6. The molecule has 0 aromatic heterocycles. The van der Waals surface area contributed by atoms with E-state index in [4.69, 9.17) is 14.2 Å². The Kier molecular flexibility index (Phi) is 10.8. The summed E-state index contributed by atoms with van der Waals surface area (Å²) in [7, 11) is 5.48. The first kappa shape index (κ1) is 31.6. The van der Waals surface area contributed by atoms with E-state index >= 15 is 0 Å². The minimum atomic E-state index is -0.780. The van der Waals surface area contributed by atoms with Crippen LogP contribution in [-0.4, -0.2) is 67.5 Å². The van der Waals surface area contributed by atoms with Crippen LogP contribution in [0.1, 0.15) is 54.5 Å². The van der Waals surface area contributed by atoms with Crippen LogP contribution in [0.25, 0.3) is 5.76 Å². The third-order valence-electron chi connectivity index (χ3n) is 7.42. The molecule has 0 radical (unpaired) electrons. The number of amides is 1. The number of hydrogen-bond acceptors (Lipinski definition) is 7. The Balaban J connectivity index is 1.66. The number of likely N-dealkylation sites (tertiary alicyclic amines) is 1. The lowest BCUT2D eigenvalue weighted by molar-refractivity contribution is -0.139. The third-order valence-corrected chi connectivity index (χ3v) is 7.42. The van der Waals surface area contributed by atoms with Gasteiger partial charge in [-0.1, -0.05) is 49.2 Å². The van der Waals surface area contributed by atoms with E-state index in [1.807, 2.05) is 50.2 Å². The normalized spacial score (nSPS) is 16.1. The third kappa shape index (κ3) is 7.76. The number of Topliss-reactive ketones (excluding diaryl/α,β-unsaturated/α-hetero) is 1. The second kappa shape index (κ2) is 14.7. The number of carbonyl (C=O) groups excluding carboxylic acids is 2. The van der Waals surface area contributed by atoms with Crippen LogP contribution in [-0.2, 0) is 16.2 Å². The number of ketones is 1. The number of benzene rings is 3. The summed E-state index contributed by atoms with van der Waals surface area (Å²) < 4.78 is 17.5. The fourth-order valence-corrected chi connectivity index (χ4v) is 5.15. The number of unbranched alkanes of at least 4 members (excludes halogenated alkanes) is 1. The molecule has 8 nitrogen and oxygen atoms in total. The van der Waals surface area contributed by atoms with Crippen molar-refractivity contribution in [3.63, 3.8) is 0 Å². The zero-order valence-corrected chi connectivity index (χ0v) is 25.8. The van der Waals surface area contributed by atoms with Crippen LogP contribution in [0.4, 0.5) is 0 Å². The van der Waals surface area contributed by atoms with Crippen LogP contribution in [0, 0.1) is 6.92 Å². The molecule has 1 heterocycles. The molecule has 8 heteroatoms. The maximum absolute atomic E-state index is 13.5. The van der Waals surface area contributed by atoms with Gasteiger partial charge in [-0.2, -0.15) is 0 Å². The maximum atomic E-state index is 13.5. The molecule has 1 N–H and O–H groups in total. The van der Waals surface area contributed by atoms with Gasteiger partial charge in [-0.05, 0) is 87.9 Å². The average Bonchev–Trinajstić information content (AvgIpc) is 3.25. The highest BCUT2D eigenvalue weighted by Crippen LogP contribution is 2.42. The van der Waals surface area contributed by atoms with Crippen molar-refractivity contribution < 1.29 is 28.9 Å². The molecule has 4 rings (SSSR count). The molecule has 1 atom stereocenters. The molecule has 1 fully saturated rings. The van der Waals surface area contributed by atoms with Gasteiger partial charge in [0.2, 0.25) is 0 Å². The van der Waals surface area contributed by atoms with Crippen LogP contribution in [0.15, 0.2) is 72.3 Å². The number of aliphatic hydroxyl groups is 1. The summed E-state index contributed by atoms with van der Waals surface area (Å²) in [5, 5.41) is 11.5. The van der Waals surface area contributed by atoms with Crippen molar-refractivity contribution in [2.75, 3.05) is 40.9 Å². The smallest absolute Gasteiger partial charge is 0.295 e. The van der Waals surface area contributed by atoms with Gasteiger partial charge in [0.05, 0.1) is 25.3 Å². The van der Waals surface area contributed by atoms with Gasteiger partial charge < -0.3 is 29.1 Å². The van der Waals surface area contributed by atoms with Crippen molar-refractivity contribution in [1.82, 2.24) is 9.80 Å². The van der Waals surface area contributed by atoms with E-state index in [0.717, 1.165) is 30.5 Å². The molecule has 0 bridgehead atoms. The summed E-state index contributed by atoms with van der Waals surface area (Å²) in [6.45, 7) is 6.19. The second-order valence-electron chi connectivity index (χ2n) is 11.1. The number of nitrogens with zero attached hydrogens (tertiary/aromatic N) is 2. The zero-order chi connectivity index (χ0) is 30.9. The van der Waals surface area contributed by atoms with Gasteiger partial charge in [0.25, 0.3) is 11.7 Å². The highest BCUT2D eigenvalue weighted by atomic mass is 16.5.